The van der Waals surface area contributed by atoms with Crippen LogP contribution in [0.4, 0.5) is 0 Å². The molecule has 0 saturated carbocycles. The Hall–Kier alpha value is -2.23. The van der Waals surface area contributed by atoms with Gasteiger partial charge in [-0.25, -0.2) is 0 Å². The van der Waals surface area contributed by atoms with Gasteiger partial charge in [-0.15, -0.1) is 0 Å². The Labute approximate surface area is 118 Å². The summed E-state index contributed by atoms with van der Waals surface area (Å²) in [5.41, 5.74) is 1.47. The van der Waals surface area contributed by atoms with Crippen LogP contribution in [0.1, 0.15) is 42.7 Å². The third kappa shape index (κ3) is 3.41. The van der Waals surface area contributed by atoms with E-state index in [4.69, 9.17) is 9.15 Å². The van der Waals surface area contributed by atoms with Gasteiger partial charge in [0.1, 0.15) is 12.0 Å². The first-order valence-corrected chi connectivity index (χ1v) is 6.66. The van der Waals surface area contributed by atoms with Gasteiger partial charge in [0, 0.05) is 5.56 Å². The highest BCUT2D eigenvalue weighted by atomic mass is 16.5. The van der Waals surface area contributed by atoms with Crippen LogP contribution >= 0.6 is 0 Å². The normalized spacial score (nSPS) is 12.2. The monoisotopic (exact) mass is 273 g/mol. The van der Waals surface area contributed by atoms with Gasteiger partial charge in [-0.1, -0.05) is 18.2 Å². The Balaban J connectivity index is 2.13. The molecular formula is C16H19NO3. The molecule has 1 unspecified atom stereocenters. The molecule has 0 saturated heterocycles. The summed E-state index contributed by atoms with van der Waals surface area (Å²) in [5.74, 6) is 0.632. The lowest BCUT2D eigenvalue weighted by Crippen LogP contribution is -2.26. The molecule has 0 spiro atoms. The van der Waals surface area contributed by atoms with Gasteiger partial charge in [-0.3, -0.25) is 4.79 Å². The van der Waals surface area contributed by atoms with Crippen LogP contribution in [0.15, 0.2) is 47.3 Å². The highest BCUT2D eigenvalue weighted by molar-refractivity contribution is 5.94. The number of benzene rings is 1. The number of carbonyl (C=O) groups is 1. The van der Waals surface area contributed by atoms with Crippen molar-refractivity contribution in [2.45, 2.75) is 32.9 Å². The van der Waals surface area contributed by atoms with Crippen molar-refractivity contribution in [1.29, 1.82) is 0 Å². The maximum absolute atomic E-state index is 12.0. The lowest BCUT2D eigenvalue weighted by Gasteiger charge is -2.19. The molecule has 1 amide bonds. The van der Waals surface area contributed by atoms with Gasteiger partial charge in [-0.2, -0.15) is 0 Å². The Bertz CT molecular complexity index is 561. The number of carbonyl (C=O) groups excluding carboxylic acids is 1. The molecule has 4 heteroatoms. The van der Waals surface area contributed by atoms with E-state index >= 15 is 0 Å². The molecule has 1 aromatic heterocycles. The molecular weight excluding hydrogens is 254 g/mol. The fourth-order valence-electron chi connectivity index (χ4n) is 1.95. The van der Waals surface area contributed by atoms with E-state index in [1.54, 1.807) is 6.07 Å². The zero-order valence-electron chi connectivity index (χ0n) is 11.9. The highest BCUT2D eigenvalue weighted by Crippen LogP contribution is 2.26. The lowest BCUT2D eigenvalue weighted by atomic mass is 10.1. The molecule has 1 aromatic carbocycles. The second-order valence-electron chi connectivity index (χ2n) is 4.91. The fraction of sp³-hybridized carbons (Fsp3) is 0.312. The van der Waals surface area contributed by atoms with Crippen LogP contribution in [0.25, 0.3) is 0 Å². The van der Waals surface area contributed by atoms with Crippen molar-refractivity contribution in [3.8, 4) is 5.75 Å². The first-order chi connectivity index (χ1) is 9.58. The summed E-state index contributed by atoms with van der Waals surface area (Å²) in [5, 5.41) is 2.93. The van der Waals surface area contributed by atoms with E-state index in [2.05, 4.69) is 5.32 Å². The number of nitrogens with one attached hydrogen (secondary N) is 1. The quantitative estimate of drug-likeness (QED) is 0.906. The van der Waals surface area contributed by atoms with Gasteiger partial charge in [0.2, 0.25) is 0 Å². The van der Waals surface area contributed by atoms with Crippen LogP contribution in [0.3, 0.4) is 0 Å². The predicted octanol–water partition coefficient (Wildman–Crippen LogP) is 3.56. The first kappa shape index (κ1) is 14.2. The molecule has 20 heavy (non-hydrogen) atoms. The van der Waals surface area contributed by atoms with Crippen molar-refractivity contribution < 1.29 is 13.9 Å². The van der Waals surface area contributed by atoms with E-state index in [9.17, 15) is 4.79 Å². The number of hydrogen-bond donors (Lipinski definition) is 1. The first-order valence-electron chi connectivity index (χ1n) is 6.66. The summed E-state index contributed by atoms with van der Waals surface area (Å²) in [6, 6.07) is 9.22. The number of ether oxygens (including phenoxy) is 1. The van der Waals surface area contributed by atoms with Crippen LogP contribution in [0.5, 0.6) is 5.75 Å². The zero-order chi connectivity index (χ0) is 14.5. The van der Waals surface area contributed by atoms with E-state index in [0.29, 0.717) is 5.56 Å². The minimum absolute atomic E-state index is 0.0907. The van der Waals surface area contributed by atoms with E-state index in [1.807, 2.05) is 45.0 Å². The standard InChI is InChI=1S/C16H19NO3/c1-11(2)20-15-7-5-4-6-14(15)12(3)17-16(18)13-8-9-19-10-13/h4-12H,1-3H3,(H,17,18). The third-order valence-corrected chi connectivity index (χ3v) is 2.88. The Morgan fingerprint density at radius 2 is 1.95 bits per heavy atom. The summed E-state index contributed by atoms with van der Waals surface area (Å²) in [7, 11) is 0. The molecule has 0 aliphatic carbocycles. The number of hydrogen-bond acceptors (Lipinski definition) is 3. The average Bonchev–Trinajstić information content (AvgIpc) is 2.92. The number of amides is 1. The molecule has 0 aliphatic rings. The van der Waals surface area contributed by atoms with Crippen molar-refractivity contribution in [2.24, 2.45) is 0 Å². The maximum atomic E-state index is 12.0. The van der Waals surface area contributed by atoms with Crippen molar-refractivity contribution in [2.75, 3.05) is 0 Å². The smallest absolute Gasteiger partial charge is 0.255 e. The van der Waals surface area contributed by atoms with Crippen LogP contribution in [0.2, 0.25) is 0 Å². The molecule has 1 atom stereocenters. The predicted molar refractivity (Wildman–Crippen MR) is 76.8 cm³/mol. The Morgan fingerprint density at radius 1 is 1.20 bits per heavy atom. The second-order valence-corrected chi connectivity index (χ2v) is 4.91. The molecule has 4 nitrogen and oxygen atoms in total. The third-order valence-electron chi connectivity index (χ3n) is 2.88. The van der Waals surface area contributed by atoms with Gasteiger partial charge in [0.05, 0.1) is 24.0 Å². The lowest BCUT2D eigenvalue weighted by molar-refractivity contribution is 0.0938. The van der Waals surface area contributed by atoms with Crippen LogP contribution in [-0.4, -0.2) is 12.0 Å². The van der Waals surface area contributed by atoms with E-state index in [0.717, 1.165) is 11.3 Å². The molecule has 2 rings (SSSR count). The number of para-hydroxylation sites is 1. The molecule has 1 heterocycles. The van der Waals surface area contributed by atoms with Crippen LogP contribution in [-0.2, 0) is 0 Å². The van der Waals surface area contributed by atoms with Gasteiger partial charge >= 0.3 is 0 Å². The largest absolute Gasteiger partial charge is 0.491 e. The summed E-state index contributed by atoms with van der Waals surface area (Å²) in [6.07, 6.45) is 3.00. The maximum Gasteiger partial charge on any atom is 0.255 e. The van der Waals surface area contributed by atoms with Crippen LogP contribution < -0.4 is 10.1 Å². The summed E-state index contributed by atoms with van der Waals surface area (Å²) in [6.45, 7) is 5.89. The average molecular weight is 273 g/mol. The SMILES string of the molecule is CC(C)Oc1ccccc1C(C)NC(=O)c1ccoc1. The van der Waals surface area contributed by atoms with Crippen LogP contribution in [0, 0.1) is 0 Å². The van der Waals surface area contributed by atoms with Crippen molar-refractivity contribution in [1.82, 2.24) is 5.32 Å². The van der Waals surface area contributed by atoms with Crippen molar-refractivity contribution in [3.63, 3.8) is 0 Å². The Morgan fingerprint density at radius 3 is 2.60 bits per heavy atom. The van der Waals surface area contributed by atoms with Gasteiger partial charge in [-0.05, 0) is 32.9 Å². The topological polar surface area (TPSA) is 51.5 Å². The molecule has 0 bridgehead atoms. The van der Waals surface area contributed by atoms with Crippen molar-refractivity contribution in [3.05, 3.63) is 54.0 Å². The number of rotatable bonds is 5. The fourth-order valence-corrected chi connectivity index (χ4v) is 1.95. The molecule has 0 fully saturated rings. The zero-order valence-corrected chi connectivity index (χ0v) is 11.9. The van der Waals surface area contributed by atoms with Gasteiger partial charge in [0.15, 0.2) is 0 Å². The molecule has 0 radical (unpaired) electrons. The Kier molecular flexibility index (Phi) is 4.45. The summed E-state index contributed by atoms with van der Waals surface area (Å²) < 4.78 is 10.7. The van der Waals surface area contributed by atoms with E-state index < -0.39 is 0 Å². The van der Waals surface area contributed by atoms with Crippen molar-refractivity contribution >= 4 is 5.91 Å². The minimum Gasteiger partial charge on any atom is -0.491 e. The summed E-state index contributed by atoms with van der Waals surface area (Å²) >= 11 is 0. The molecule has 0 aliphatic heterocycles. The molecule has 2 aromatic rings. The van der Waals surface area contributed by atoms with E-state index in [-0.39, 0.29) is 18.1 Å². The number of furan rings is 1. The summed E-state index contributed by atoms with van der Waals surface area (Å²) in [4.78, 5) is 12.0. The van der Waals surface area contributed by atoms with Gasteiger partial charge in [0.25, 0.3) is 5.91 Å². The van der Waals surface area contributed by atoms with Gasteiger partial charge < -0.3 is 14.5 Å². The molecule has 106 valence electrons. The molecule has 1 N–H and O–H groups in total. The highest BCUT2D eigenvalue weighted by Gasteiger charge is 2.16. The van der Waals surface area contributed by atoms with E-state index in [1.165, 1.54) is 12.5 Å². The minimum atomic E-state index is -0.161. The second kappa shape index (κ2) is 6.28.